The molecule has 22 heavy (non-hydrogen) atoms. The Morgan fingerprint density at radius 2 is 1.86 bits per heavy atom. The van der Waals surface area contributed by atoms with Crippen molar-refractivity contribution < 1.29 is 32.2 Å². The number of fused-ring (bicyclic) bond motifs is 1. The zero-order chi connectivity index (χ0) is 16.2. The molecule has 0 fully saturated rings. The van der Waals surface area contributed by atoms with E-state index < -0.39 is 13.0 Å². The van der Waals surface area contributed by atoms with Crippen molar-refractivity contribution in [2.45, 2.75) is 6.36 Å². The Morgan fingerprint density at radius 1 is 1.09 bits per heavy atom. The quantitative estimate of drug-likeness (QED) is 0.604. The van der Waals surface area contributed by atoms with Crippen molar-refractivity contribution in [3.8, 4) is 11.5 Å². The number of alkyl halides is 3. The summed E-state index contributed by atoms with van der Waals surface area (Å²) in [7, 11) is 1.49. The molecule has 7 heteroatoms. The molecule has 0 aliphatic carbocycles. The number of aldehydes is 1. The number of rotatable bonds is 6. The van der Waals surface area contributed by atoms with Gasteiger partial charge in [-0.15, -0.1) is 13.2 Å². The smallest absolute Gasteiger partial charge is 0.496 e. The van der Waals surface area contributed by atoms with Gasteiger partial charge in [0, 0.05) is 16.3 Å². The van der Waals surface area contributed by atoms with E-state index in [1.807, 2.05) is 0 Å². The summed E-state index contributed by atoms with van der Waals surface area (Å²) in [5, 5.41) is 1.13. The van der Waals surface area contributed by atoms with E-state index in [9.17, 15) is 18.0 Å². The highest BCUT2D eigenvalue weighted by molar-refractivity contribution is 6.04. The lowest BCUT2D eigenvalue weighted by Gasteiger charge is -2.13. The van der Waals surface area contributed by atoms with Crippen LogP contribution in [0.5, 0.6) is 11.5 Å². The zero-order valence-electron chi connectivity index (χ0n) is 11.6. The molecular formula is C15H13F3O4. The maximum atomic E-state index is 11.9. The fourth-order valence-corrected chi connectivity index (χ4v) is 2.08. The minimum absolute atomic E-state index is 0.296. The van der Waals surface area contributed by atoms with Crippen LogP contribution < -0.4 is 9.47 Å². The molecule has 0 radical (unpaired) electrons. The molecule has 0 N–H and O–H groups in total. The van der Waals surface area contributed by atoms with Crippen molar-refractivity contribution in [3.63, 3.8) is 0 Å². The van der Waals surface area contributed by atoms with Crippen molar-refractivity contribution in [2.24, 2.45) is 0 Å². The van der Waals surface area contributed by atoms with Gasteiger partial charge in [0.05, 0.1) is 13.7 Å². The van der Waals surface area contributed by atoms with Gasteiger partial charge in [-0.1, -0.05) is 12.1 Å². The highest BCUT2D eigenvalue weighted by Crippen LogP contribution is 2.34. The number of halogens is 3. The van der Waals surface area contributed by atoms with Crippen LogP contribution in [0.2, 0.25) is 0 Å². The number of carbonyl (C=O) groups excluding carboxylic acids is 1. The number of ether oxygens (including phenoxy) is 3. The minimum Gasteiger partial charge on any atom is -0.496 e. The Labute approximate surface area is 124 Å². The first-order chi connectivity index (χ1) is 10.5. The number of hydrogen-bond donors (Lipinski definition) is 0. The summed E-state index contributed by atoms with van der Waals surface area (Å²) < 4.78 is 49.9. The minimum atomic E-state index is -4.70. The highest BCUT2D eigenvalue weighted by atomic mass is 19.4. The van der Waals surface area contributed by atoms with Crippen LogP contribution in [0.25, 0.3) is 10.8 Å². The van der Waals surface area contributed by atoms with Crippen LogP contribution in [0.15, 0.2) is 30.3 Å². The molecule has 0 saturated carbocycles. The summed E-state index contributed by atoms with van der Waals surface area (Å²) in [6.07, 6.45) is -4.04. The first kappa shape index (κ1) is 16.1. The lowest BCUT2D eigenvalue weighted by atomic mass is 10.0. The van der Waals surface area contributed by atoms with Crippen LogP contribution >= 0.6 is 0 Å². The molecule has 0 atom stereocenters. The second-order valence-electron chi connectivity index (χ2n) is 4.30. The van der Waals surface area contributed by atoms with Gasteiger partial charge >= 0.3 is 6.36 Å². The highest BCUT2D eigenvalue weighted by Gasteiger charge is 2.28. The van der Waals surface area contributed by atoms with Gasteiger partial charge in [-0.3, -0.25) is 9.53 Å². The fourth-order valence-electron chi connectivity index (χ4n) is 2.08. The first-order valence-corrected chi connectivity index (χ1v) is 6.34. The van der Waals surface area contributed by atoms with E-state index in [-0.39, 0.29) is 6.61 Å². The predicted molar refractivity (Wildman–Crippen MR) is 73.4 cm³/mol. The van der Waals surface area contributed by atoms with Crippen molar-refractivity contribution in [1.82, 2.24) is 0 Å². The Morgan fingerprint density at radius 3 is 2.50 bits per heavy atom. The normalized spacial score (nSPS) is 11.5. The molecule has 0 bridgehead atoms. The molecule has 2 aromatic carbocycles. The Balaban J connectivity index is 2.28. The number of methoxy groups -OCH3 is 1. The van der Waals surface area contributed by atoms with Gasteiger partial charge in [-0.05, 0) is 18.2 Å². The summed E-state index contributed by atoms with van der Waals surface area (Å²) in [5.74, 6) is 0.835. The second kappa shape index (κ2) is 6.65. The maximum Gasteiger partial charge on any atom is 0.522 e. The second-order valence-corrected chi connectivity index (χ2v) is 4.30. The van der Waals surface area contributed by atoms with E-state index in [1.165, 1.54) is 7.11 Å². The maximum absolute atomic E-state index is 11.9. The van der Waals surface area contributed by atoms with E-state index >= 15 is 0 Å². The van der Waals surface area contributed by atoms with Gasteiger partial charge in [0.25, 0.3) is 0 Å². The SMILES string of the molecule is COc1ccc(C=O)c2c(OCCOC(F)(F)F)cccc12. The zero-order valence-corrected chi connectivity index (χ0v) is 11.6. The summed E-state index contributed by atoms with van der Waals surface area (Å²) in [6.45, 7) is -0.936. The fraction of sp³-hybridized carbons (Fsp3) is 0.267. The molecular weight excluding hydrogens is 301 g/mol. The molecule has 0 unspecified atom stereocenters. The van der Waals surface area contributed by atoms with Crippen molar-refractivity contribution in [2.75, 3.05) is 20.3 Å². The van der Waals surface area contributed by atoms with Crippen LogP contribution in [0.4, 0.5) is 13.2 Å². The molecule has 0 saturated heterocycles. The third-order valence-electron chi connectivity index (χ3n) is 2.95. The standard InChI is InChI=1S/C15H13F3O4/c1-20-12-6-5-10(9-19)14-11(12)3-2-4-13(14)21-7-8-22-15(16,17)18/h2-6,9H,7-8H2,1H3. The van der Waals surface area contributed by atoms with Gasteiger partial charge in [-0.25, -0.2) is 0 Å². The molecule has 118 valence electrons. The monoisotopic (exact) mass is 314 g/mol. The molecule has 0 aliphatic heterocycles. The summed E-state index contributed by atoms with van der Waals surface area (Å²) >= 11 is 0. The molecule has 4 nitrogen and oxygen atoms in total. The third-order valence-corrected chi connectivity index (χ3v) is 2.95. The number of carbonyl (C=O) groups is 1. The summed E-state index contributed by atoms with van der Waals surface area (Å²) in [5.41, 5.74) is 0.364. The van der Waals surface area contributed by atoms with Gasteiger partial charge in [0.2, 0.25) is 0 Å². The molecule has 2 rings (SSSR count). The van der Waals surface area contributed by atoms with Crippen LogP contribution in [0.3, 0.4) is 0 Å². The van der Waals surface area contributed by atoms with Crippen LogP contribution in [0.1, 0.15) is 10.4 Å². The van der Waals surface area contributed by atoms with E-state index in [2.05, 4.69) is 4.74 Å². The third kappa shape index (κ3) is 3.67. The topological polar surface area (TPSA) is 44.8 Å². The Kier molecular flexibility index (Phi) is 4.87. The van der Waals surface area contributed by atoms with E-state index in [0.717, 1.165) is 0 Å². The predicted octanol–water partition coefficient (Wildman–Crippen LogP) is 3.58. The molecule has 2 aromatic rings. The average molecular weight is 314 g/mol. The number of hydrogen-bond acceptors (Lipinski definition) is 4. The van der Waals surface area contributed by atoms with E-state index in [4.69, 9.17) is 9.47 Å². The van der Waals surface area contributed by atoms with E-state index in [1.54, 1.807) is 30.3 Å². The van der Waals surface area contributed by atoms with Crippen LogP contribution in [-0.4, -0.2) is 33.0 Å². The van der Waals surface area contributed by atoms with Crippen LogP contribution in [0, 0.1) is 0 Å². The van der Waals surface area contributed by atoms with Gasteiger partial charge in [-0.2, -0.15) is 0 Å². The Bertz CT molecular complexity index is 668. The molecule has 0 heterocycles. The molecule has 0 spiro atoms. The first-order valence-electron chi connectivity index (χ1n) is 6.34. The van der Waals surface area contributed by atoms with Gasteiger partial charge in [0.1, 0.15) is 18.1 Å². The molecule has 0 aliphatic rings. The van der Waals surface area contributed by atoms with Crippen molar-refractivity contribution >= 4 is 17.1 Å². The Hall–Kier alpha value is -2.28. The van der Waals surface area contributed by atoms with Gasteiger partial charge < -0.3 is 9.47 Å². The molecule has 0 amide bonds. The lowest BCUT2D eigenvalue weighted by molar-refractivity contribution is -0.325. The van der Waals surface area contributed by atoms with E-state index in [0.29, 0.717) is 34.1 Å². The average Bonchev–Trinajstić information content (AvgIpc) is 2.49. The summed E-state index contributed by atoms with van der Waals surface area (Å²) in [4.78, 5) is 11.2. The van der Waals surface area contributed by atoms with Gasteiger partial charge in [0.15, 0.2) is 6.29 Å². The lowest BCUT2D eigenvalue weighted by Crippen LogP contribution is -2.18. The largest absolute Gasteiger partial charge is 0.522 e. The number of benzene rings is 2. The van der Waals surface area contributed by atoms with Crippen molar-refractivity contribution in [1.29, 1.82) is 0 Å². The van der Waals surface area contributed by atoms with Crippen LogP contribution in [-0.2, 0) is 4.74 Å². The summed E-state index contributed by atoms with van der Waals surface area (Å²) in [6, 6.07) is 8.18. The van der Waals surface area contributed by atoms with Crippen molar-refractivity contribution in [3.05, 3.63) is 35.9 Å². The molecule has 0 aromatic heterocycles.